The van der Waals surface area contributed by atoms with Gasteiger partial charge in [-0.2, -0.15) is 5.26 Å². The largest absolute Gasteiger partial charge is 0.377 e. The van der Waals surface area contributed by atoms with Crippen LogP contribution in [0, 0.1) is 11.3 Å². The maximum atomic E-state index is 11.6. The highest BCUT2D eigenvalue weighted by atomic mass is 32.2. The highest BCUT2D eigenvalue weighted by molar-refractivity contribution is 7.88. The van der Waals surface area contributed by atoms with Gasteiger partial charge >= 0.3 is 0 Å². The van der Waals surface area contributed by atoms with Crippen molar-refractivity contribution in [2.45, 2.75) is 62.6 Å². The van der Waals surface area contributed by atoms with E-state index in [1.807, 2.05) is 18.2 Å². The van der Waals surface area contributed by atoms with E-state index in [0.29, 0.717) is 12.5 Å². The van der Waals surface area contributed by atoms with Crippen molar-refractivity contribution < 1.29 is 13.2 Å². The zero-order chi connectivity index (χ0) is 19.3. The minimum absolute atomic E-state index is 0.0264. The monoisotopic (exact) mass is 391 g/mol. The van der Waals surface area contributed by atoms with Crippen molar-refractivity contribution in [3.8, 4) is 6.07 Å². The lowest BCUT2D eigenvalue weighted by Crippen LogP contribution is -2.55. The summed E-state index contributed by atoms with van der Waals surface area (Å²) >= 11 is 0. The van der Waals surface area contributed by atoms with E-state index in [-0.39, 0.29) is 18.2 Å². The number of sulfonamides is 1. The van der Waals surface area contributed by atoms with Gasteiger partial charge in [-0.05, 0) is 68.7 Å². The standard InChI is InChI=1S/C20H29N3O3S/c1-27(24,25)23-19-6-3-11-22-20(19)14-26-18-9-7-16(8-10-18)17-5-2-4-15(12-17)13-21/h2,4-5,12,16,18-20,22-23H,3,6-11,14H2,1H3/t16?,18?,19-,20-/m0/s1. The van der Waals surface area contributed by atoms with E-state index in [1.165, 1.54) is 11.8 Å². The van der Waals surface area contributed by atoms with Gasteiger partial charge in [-0.25, -0.2) is 13.1 Å². The van der Waals surface area contributed by atoms with Crippen LogP contribution in [0.4, 0.5) is 0 Å². The van der Waals surface area contributed by atoms with E-state index in [2.05, 4.69) is 22.2 Å². The molecular formula is C20H29N3O3S. The highest BCUT2D eigenvalue weighted by Crippen LogP contribution is 2.34. The molecule has 3 rings (SSSR count). The van der Waals surface area contributed by atoms with Crippen molar-refractivity contribution in [2.75, 3.05) is 19.4 Å². The van der Waals surface area contributed by atoms with E-state index in [1.54, 1.807) is 0 Å². The van der Waals surface area contributed by atoms with E-state index in [9.17, 15) is 8.42 Å². The van der Waals surface area contributed by atoms with Crippen LogP contribution in [-0.2, 0) is 14.8 Å². The Bertz CT molecular complexity index is 767. The Morgan fingerprint density at radius 2 is 2.04 bits per heavy atom. The fourth-order valence-electron chi connectivity index (χ4n) is 4.21. The molecule has 2 aliphatic rings. The summed E-state index contributed by atoms with van der Waals surface area (Å²) in [7, 11) is -3.21. The maximum absolute atomic E-state index is 11.6. The van der Waals surface area contributed by atoms with Gasteiger partial charge in [0.15, 0.2) is 0 Å². The predicted molar refractivity (Wildman–Crippen MR) is 105 cm³/mol. The van der Waals surface area contributed by atoms with Gasteiger partial charge in [-0.3, -0.25) is 0 Å². The van der Waals surface area contributed by atoms with Gasteiger partial charge in [0, 0.05) is 12.1 Å². The molecule has 0 radical (unpaired) electrons. The molecule has 0 unspecified atom stereocenters. The van der Waals surface area contributed by atoms with Crippen LogP contribution >= 0.6 is 0 Å². The normalized spacial score (nSPS) is 29.2. The molecule has 0 amide bonds. The van der Waals surface area contributed by atoms with Crippen LogP contribution in [0.5, 0.6) is 0 Å². The molecule has 2 atom stereocenters. The number of rotatable bonds is 6. The molecule has 2 N–H and O–H groups in total. The summed E-state index contributed by atoms with van der Waals surface area (Å²) in [5.41, 5.74) is 1.97. The first-order chi connectivity index (χ1) is 12.9. The van der Waals surface area contributed by atoms with Gasteiger partial charge in [0.1, 0.15) is 0 Å². The lowest BCUT2D eigenvalue weighted by atomic mass is 9.82. The average Bonchev–Trinajstić information content (AvgIpc) is 2.66. The van der Waals surface area contributed by atoms with Crippen molar-refractivity contribution in [3.63, 3.8) is 0 Å². The summed E-state index contributed by atoms with van der Waals surface area (Å²) in [6.07, 6.45) is 7.36. The number of nitrogens with one attached hydrogen (secondary N) is 2. The van der Waals surface area contributed by atoms with Gasteiger partial charge in [0.05, 0.1) is 30.6 Å². The second-order valence-electron chi connectivity index (χ2n) is 7.74. The number of ether oxygens (including phenoxy) is 1. The van der Waals surface area contributed by atoms with E-state index < -0.39 is 10.0 Å². The second-order valence-corrected chi connectivity index (χ2v) is 9.52. The fraction of sp³-hybridized carbons (Fsp3) is 0.650. The third-order valence-electron chi connectivity index (χ3n) is 5.62. The van der Waals surface area contributed by atoms with Crippen molar-refractivity contribution in [3.05, 3.63) is 35.4 Å². The van der Waals surface area contributed by atoms with Gasteiger partial charge < -0.3 is 10.1 Å². The number of benzene rings is 1. The molecule has 6 nitrogen and oxygen atoms in total. The van der Waals surface area contributed by atoms with Gasteiger partial charge in [0.25, 0.3) is 0 Å². The first-order valence-electron chi connectivity index (χ1n) is 9.77. The highest BCUT2D eigenvalue weighted by Gasteiger charge is 2.29. The Hall–Kier alpha value is -1.46. The van der Waals surface area contributed by atoms with Crippen molar-refractivity contribution in [1.82, 2.24) is 10.0 Å². The molecular weight excluding hydrogens is 362 g/mol. The predicted octanol–water partition coefficient (Wildman–Crippen LogP) is 2.27. The molecule has 1 aromatic rings. The van der Waals surface area contributed by atoms with Crippen LogP contribution < -0.4 is 10.0 Å². The summed E-state index contributed by atoms with van der Waals surface area (Å²) < 4.78 is 32.0. The quantitative estimate of drug-likeness (QED) is 0.776. The van der Waals surface area contributed by atoms with Crippen LogP contribution in [0.15, 0.2) is 24.3 Å². The van der Waals surface area contributed by atoms with Crippen LogP contribution in [0.2, 0.25) is 0 Å². The zero-order valence-electron chi connectivity index (χ0n) is 15.9. The molecule has 1 aliphatic carbocycles. The summed E-state index contributed by atoms with van der Waals surface area (Å²) in [4.78, 5) is 0. The third kappa shape index (κ3) is 6.01. The summed E-state index contributed by atoms with van der Waals surface area (Å²) in [5.74, 6) is 0.491. The van der Waals surface area contributed by atoms with Crippen LogP contribution in [0.1, 0.15) is 55.6 Å². The molecule has 7 heteroatoms. The molecule has 1 heterocycles. The van der Waals surface area contributed by atoms with E-state index in [4.69, 9.17) is 10.00 Å². The Kier molecular flexibility index (Phi) is 6.88. The molecule has 1 aromatic carbocycles. The summed E-state index contributed by atoms with van der Waals surface area (Å²) in [6, 6.07) is 10.1. The number of nitriles is 1. The molecule has 0 bridgehead atoms. The smallest absolute Gasteiger partial charge is 0.209 e. The van der Waals surface area contributed by atoms with Gasteiger partial charge in [-0.15, -0.1) is 0 Å². The summed E-state index contributed by atoms with van der Waals surface area (Å²) in [5, 5.41) is 12.5. The lowest BCUT2D eigenvalue weighted by Gasteiger charge is -2.35. The number of hydrogen-bond acceptors (Lipinski definition) is 5. The second kappa shape index (κ2) is 9.16. The first-order valence-corrected chi connectivity index (χ1v) is 11.7. The van der Waals surface area contributed by atoms with Crippen molar-refractivity contribution in [1.29, 1.82) is 5.26 Å². The molecule has 2 fully saturated rings. The van der Waals surface area contributed by atoms with E-state index in [0.717, 1.165) is 50.6 Å². The minimum Gasteiger partial charge on any atom is -0.377 e. The topological polar surface area (TPSA) is 91.2 Å². The van der Waals surface area contributed by atoms with E-state index >= 15 is 0 Å². The molecule has 0 spiro atoms. The number of nitrogens with zero attached hydrogens (tertiary/aromatic N) is 1. The third-order valence-corrected chi connectivity index (χ3v) is 6.35. The SMILES string of the molecule is CS(=O)(=O)N[C@H]1CCCN[C@H]1COC1CCC(c2cccc(C#N)c2)CC1. The Balaban J connectivity index is 1.48. The minimum atomic E-state index is -3.21. The van der Waals surface area contributed by atoms with Crippen LogP contribution in [-0.4, -0.2) is 46.0 Å². The Morgan fingerprint density at radius 1 is 1.26 bits per heavy atom. The Labute approximate surface area is 162 Å². The van der Waals surface area contributed by atoms with Crippen LogP contribution in [0.3, 0.4) is 0 Å². The van der Waals surface area contributed by atoms with Crippen molar-refractivity contribution >= 4 is 10.0 Å². The molecule has 1 saturated heterocycles. The molecule has 27 heavy (non-hydrogen) atoms. The Morgan fingerprint density at radius 3 is 2.74 bits per heavy atom. The number of hydrogen-bond donors (Lipinski definition) is 2. The average molecular weight is 392 g/mol. The van der Waals surface area contributed by atoms with Crippen molar-refractivity contribution in [2.24, 2.45) is 0 Å². The first kappa shape index (κ1) is 20.3. The van der Waals surface area contributed by atoms with Gasteiger partial charge in [-0.1, -0.05) is 12.1 Å². The maximum Gasteiger partial charge on any atom is 0.209 e. The molecule has 1 saturated carbocycles. The summed E-state index contributed by atoms with van der Waals surface area (Å²) in [6.45, 7) is 1.43. The lowest BCUT2D eigenvalue weighted by molar-refractivity contribution is 0.00524. The molecule has 0 aromatic heterocycles. The number of piperidine rings is 1. The van der Waals surface area contributed by atoms with Crippen LogP contribution in [0.25, 0.3) is 0 Å². The fourth-order valence-corrected chi connectivity index (χ4v) is 5.04. The zero-order valence-corrected chi connectivity index (χ0v) is 16.7. The molecule has 148 valence electrons. The van der Waals surface area contributed by atoms with Gasteiger partial charge in [0.2, 0.25) is 10.0 Å². The molecule has 1 aliphatic heterocycles.